The van der Waals surface area contributed by atoms with E-state index < -0.39 is 10.1 Å². The van der Waals surface area contributed by atoms with E-state index in [4.69, 9.17) is 4.55 Å². The fraction of sp³-hybridized carbons (Fsp3) is 0.300. The number of aryl methyl sites for hydroxylation is 1. The molecular formula is C10H13NaO4S. The van der Waals surface area contributed by atoms with Gasteiger partial charge in [-0.15, -0.1) is 0 Å². The van der Waals surface area contributed by atoms with Crippen molar-refractivity contribution < 1.29 is 17.8 Å². The Kier molecular flexibility index (Phi) is 6.43. The first kappa shape index (κ1) is 15.8. The summed E-state index contributed by atoms with van der Waals surface area (Å²) in [6.07, 6.45) is 0.595. The summed E-state index contributed by atoms with van der Waals surface area (Å²) in [5, 5.41) is 0. The van der Waals surface area contributed by atoms with Crippen molar-refractivity contribution in [1.82, 2.24) is 0 Å². The van der Waals surface area contributed by atoms with E-state index in [0.29, 0.717) is 12.0 Å². The Labute approximate surface area is 117 Å². The summed E-state index contributed by atoms with van der Waals surface area (Å²) < 4.78 is 30.9. The fourth-order valence-corrected chi connectivity index (χ4v) is 2.02. The van der Waals surface area contributed by atoms with Gasteiger partial charge < -0.3 is 4.79 Å². The van der Waals surface area contributed by atoms with Gasteiger partial charge in [0.05, 0.1) is 4.90 Å². The summed E-state index contributed by atoms with van der Waals surface area (Å²) in [6, 6.07) is 6.11. The Hall–Kier alpha value is -0.200. The molecule has 4 nitrogen and oxygen atoms in total. The molecule has 0 fully saturated rings. The first-order valence-corrected chi connectivity index (χ1v) is 5.90. The molecule has 0 atom stereocenters. The van der Waals surface area contributed by atoms with Gasteiger partial charge in [0.1, 0.15) is 5.78 Å². The standard InChI is InChI=1S/C10H12O4S.Na.H/c1-8(11)6-7-9-4-2-3-5-10(9)15(12,13)14;;/h2-5H,6-7H2,1H3,(H,12,13,14);;. The van der Waals surface area contributed by atoms with Gasteiger partial charge in [0.15, 0.2) is 0 Å². The van der Waals surface area contributed by atoms with Crippen LogP contribution >= 0.6 is 0 Å². The molecule has 0 spiro atoms. The van der Waals surface area contributed by atoms with Gasteiger partial charge in [0.2, 0.25) is 0 Å². The van der Waals surface area contributed by atoms with E-state index in [0.717, 1.165) is 0 Å². The van der Waals surface area contributed by atoms with Crippen LogP contribution in [0.1, 0.15) is 18.9 Å². The number of Topliss-reactive ketones (excluding diaryl/α,β-unsaturated/α-hetero) is 1. The summed E-state index contributed by atoms with van der Waals surface area (Å²) in [6.45, 7) is 1.44. The maximum absolute atomic E-state index is 11.0. The van der Waals surface area contributed by atoms with Gasteiger partial charge in [-0.1, -0.05) is 18.2 Å². The quantitative estimate of drug-likeness (QED) is 0.635. The first-order valence-electron chi connectivity index (χ1n) is 4.46. The third-order valence-corrected chi connectivity index (χ3v) is 2.95. The molecule has 84 valence electrons. The fourth-order valence-electron chi connectivity index (χ4n) is 1.27. The Morgan fingerprint density at radius 1 is 1.31 bits per heavy atom. The van der Waals surface area contributed by atoms with Gasteiger partial charge >= 0.3 is 29.6 Å². The maximum atomic E-state index is 11.0. The monoisotopic (exact) mass is 252 g/mol. The SMILES string of the molecule is CC(=O)CCc1ccccc1S(=O)(=O)O.[NaH]. The van der Waals surface area contributed by atoms with Gasteiger partial charge in [-0.3, -0.25) is 4.55 Å². The van der Waals surface area contributed by atoms with E-state index in [1.54, 1.807) is 12.1 Å². The second-order valence-electron chi connectivity index (χ2n) is 3.28. The second-order valence-corrected chi connectivity index (χ2v) is 4.67. The molecule has 0 aliphatic rings. The molecule has 0 heterocycles. The third kappa shape index (κ3) is 4.76. The summed E-state index contributed by atoms with van der Waals surface area (Å²) >= 11 is 0. The van der Waals surface area contributed by atoms with E-state index in [9.17, 15) is 13.2 Å². The van der Waals surface area contributed by atoms with Crippen molar-refractivity contribution in [1.29, 1.82) is 0 Å². The van der Waals surface area contributed by atoms with Crippen LogP contribution in [0.2, 0.25) is 0 Å². The minimum atomic E-state index is -4.19. The third-order valence-electron chi connectivity index (χ3n) is 2.00. The average molecular weight is 252 g/mol. The minimum absolute atomic E-state index is 0. The second kappa shape index (κ2) is 6.51. The molecule has 0 radical (unpaired) electrons. The van der Waals surface area contributed by atoms with E-state index in [1.165, 1.54) is 19.1 Å². The van der Waals surface area contributed by atoms with Crippen molar-refractivity contribution in [3.63, 3.8) is 0 Å². The number of ketones is 1. The molecule has 1 aromatic rings. The predicted octanol–water partition coefficient (Wildman–Crippen LogP) is 0.806. The van der Waals surface area contributed by atoms with Gasteiger partial charge in [0, 0.05) is 6.42 Å². The number of carbonyl (C=O) groups is 1. The molecule has 1 N–H and O–H groups in total. The molecular weight excluding hydrogens is 239 g/mol. The molecule has 0 saturated carbocycles. The Morgan fingerprint density at radius 3 is 2.38 bits per heavy atom. The number of carbonyl (C=O) groups excluding carboxylic acids is 1. The zero-order valence-corrected chi connectivity index (χ0v) is 9.12. The molecule has 6 heteroatoms. The number of benzene rings is 1. The molecule has 0 aliphatic heterocycles. The number of rotatable bonds is 4. The molecule has 1 rings (SSSR count). The topological polar surface area (TPSA) is 71.4 Å². The van der Waals surface area contributed by atoms with E-state index >= 15 is 0 Å². The van der Waals surface area contributed by atoms with E-state index in [2.05, 4.69) is 0 Å². The van der Waals surface area contributed by atoms with Gasteiger partial charge in [-0.25, -0.2) is 0 Å². The normalized spacial score (nSPS) is 10.6. The number of hydrogen-bond acceptors (Lipinski definition) is 3. The van der Waals surface area contributed by atoms with Crippen LogP contribution < -0.4 is 0 Å². The molecule has 0 bridgehead atoms. The zero-order chi connectivity index (χ0) is 11.5. The average Bonchev–Trinajstić information content (AvgIpc) is 2.13. The van der Waals surface area contributed by atoms with Gasteiger partial charge in [-0.05, 0) is 25.0 Å². The summed E-state index contributed by atoms with van der Waals surface area (Å²) in [5.41, 5.74) is 0.468. The van der Waals surface area contributed by atoms with Crippen LogP contribution in [-0.4, -0.2) is 48.3 Å². The summed E-state index contributed by atoms with van der Waals surface area (Å²) in [4.78, 5) is 10.6. The van der Waals surface area contributed by atoms with Crippen LogP contribution in [-0.2, 0) is 21.3 Å². The molecule has 1 aromatic carbocycles. The Morgan fingerprint density at radius 2 is 1.88 bits per heavy atom. The van der Waals surface area contributed by atoms with Crippen LogP contribution in [0.3, 0.4) is 0 Å². The molecule has 0 amide bonds. The molecule has 16 heavy (non-hydrogen) atoms. The van der Waals surface area contributed by atoms with E-state index in [-0.39, 0.29) is 46.7 Å². The van der Waals surface area contributed by atoms with Crippen LogP contribution in [0, 0.1) is 0 Å². The summed E-state index contributed by atoms with van der Waals surface area (Å²) in [7, 11) is -4.19. The Bertz CT molecular complexity index is 467. The van der Waals surface area contributed by atoms with Crippen molar-refractivity contribution in [2.75, 3.05) is 0 Å². The first-order chi connectivity index (χ1) is 6.91. The van der Waals surface area contributed by atoms with Crippen molar-refractivity contribution >= 4 is 45.5 Å². The Balaban J connectivity index is 0.00000225. The van der Waals surface area contributed by atoms with Crippen molar-refractivity contribution in [2.24, 2.45) is 0 Å². The summed E-state index contributed by atoms with van der Waals surface area (Å²) in [5.74, 6) is -0.0138. The van der Waals surface area contributed by atoms with Crippen LogP contribution in [0.25, 0.3) is 0 Å². The van der Waals surface area contributed by atoms with Crippen molar-refractivity contribution in [2.45, 2.75) is 24.7 Å². The molecule has 0 aromatic heterocycles. The molecule has 0 saturated heterocycles. The van der Waals surface area contributed by atoms with Crippen LogP contribution in [0.15, 0.2) is 29.2 Å². The van der Waals surface area contributed by atoms with Crippen LogP contribution in [0.5, 0.6) is 0 Å². The van der Waals surface area contributed by atoms with Crippen LogP contribution in [0.4, 0.5) is 0 Å². The van der Waals surface area contributed by atoms with Gasteiger partial charge in [0.25, 0.3) is 10.1 Å². The molecule has 0 aliphatic carbocycles. The van der Waals surface area contributed by atoms with E-state index in [1.807, 2.05) is 0 Å². The zero-order valence-electron chi connectivity index (χ0n) is 8.30. The predicted molar refractivity (Wildman–Crippen MR) is 62.4 cm³/mol. The van der Waals surface area contributed by atoms with Crippen molar-refractivity contribution in [3.05, 3.63) is 29.8 Å². The molecule has 0 unspecified atom stereocenters. The van der Waals surface area contributed by atoms with Gasteiger partial charge in [-0.2, -0.15) is 8.42 Å². The number of hydrogen-bond donors (Lipinski definition) is 1. The van der Waals surface area contributed by atoms with Crippen molar-refractivity contribution in [3.8, 4) is 0 Å².